The number of hydrogen-bond donors (Lipinski definition) is 1. The van der Waals surface area contributed by atoms with E-state index in [-0.39, 0.29) is 0 Å². The van der Waals surface area contributed by atoms with Gasteiger partial charge in [0, 0.05) is 25.3 Å². The van der Waals surface area contributed by atoms with Crippen LogP contribution in [-0.2, 0) is 6.54 Å². The predicted octanol–water partition coefficient (Wildman–Crippen LogP) is 3.13. The first-order chi connectivity index (χ1) is 9.00. The average molecular weight is 261 g/mol. The highest BCUT2D eigenvalue weighted by Gasteiger charge is 2.29. The summed E-state index contributed by atoms with van der Waals surface area (Å²) in [5.74, 6) is 1.15. The first kappa shape index (κ1) is 14.3. The summed E-state index contributed by atoms with van der Waals surface area (Å²) in [5.41, 5.74) is 2.89. The third-order valence-electron chi connectivity index (χ3n) is 3.76. The Balaban J connectivity index is 2.08. The van der Waals surface area contributed by atoms with Crippen LogP contribution < -0.4 is 10.2 Å². The van der Waals surface area contributed by atoms with Gasteiger partial charge in [0.25, 0.3) is 0 Å². The monoisotopic (exact) mass is 261 g/mol. The zero-order valence-electron chi connectivity index (χ0n) is 12.8. The fourth-order valence-corrected chi connectivity index (χ4v) is 2.70. The lowest BCUT2D eigenvalue weighted by molar-refractivity contribution is 0.418. The van der Waals surface area contributed by atoms with Crippen molar-refractivity contribution in [3.05, 3.63) is 23.4 Å². The number of pyridine rings is 1. The van der Waals surface area contributed by atoms with E-state index in [1.807, 2.05) is 0 Å². The quantitative estimate of drug-likeness (QED) is 0.825. The van der Waals surface area contributed by atoms with E-state index in [0.29, 0.717) is 5.41 Å². The Hall–Kier alpha value is -1.09. The molecular formula is C16H27N3. The van der Waals surface area contributed by atoms with Crippen LogP contribution in [0.25, 0.3) is 0 Å². The molecule has 106 valence electrons. The van der Waals surface area contributed by atoms with Gasteiger partial charge < -0.3 is 10.2 Å². The largest absolute Gasteiger partial charge is 0.356 e. The van der Waals surface area contributed by atoms with Crippen molar-refractivity contribution in [2.75, 3.05) is 24.5 Å². The van der Waals surface area contributed by atoms with E-state index in [9.17, 15) is 0 Å². The summed E-state index contributed by atoms with van der Waals surface area (Å²) in [5, 5.41) is 3.47. The molecule has 0 amide bonds. The van der Waals surface area contributed by atoms with Gasteiger partial charge in [-0.25, -0.2) is 4.98 Å². The van der Waals surface area contributed by atoms with Gasteiger partial charge in [0.15, 0.2) is 0 Å². The molecule has 3 heteroatoms. The van der Waals surface area contributed by atoms with Crippen LogP contribution in [0.4, 0.5) is 5.82 Å². The number of nitrogens with zero attached hydrogens (tertiary/aromatic N) is 2. The van der Waals surface area contributed by atoms with Gasteiger partial charge in [-0.1, -0.05) is 20.8 Å². The smallest absolute Gasteiger partial charge is 0.129 e. The Morgan fingerprint density at radius 3 is 2.79 bits per heavy atom. The van der Waals surface area contributed by atoms with Gasteiger partial charge in [-0.3, -0.25) is 0 Å². The number of aromatic nitrogens is 1. The second kappa shape index (κ2) is 5.91. The standard InChI is InChI=1S/C16H27N3/c1-5-7-17-11-14-9-13(2)18-15(10-14)19-8-6-16(3,4)12-19/h9-10,17H,5-8,11-12H2,1-4H3. The zero-order chi connectivity index (χ0) is 13.9. The second-order valence-electron chi connectivity index (χ2n) is 6.49. The topological polar surface area (TPSA) is 28.2 Å². The molecule has 0 unspecified atom stereocenters. The van der Waals surface area contributed by atoms with Crippen LogP contribution >= 0.6 is 0 Å². The zero-order valence-corrected chi connectivity index (χ0v) is 12.8. The van der Waals surface area contributed by atoms with E-state index < -0.39 is 0 Å². The minimum atomic E-state index is 0.423. The lowest BCUT2D eigenvalue weighted by Crippen LogP contribution is -2.24. The molecule has 1 aliphatic rings. The summed E-state index contributed by atoms with van der Waals surface area (Å²) in [4.78, 5) is 7.13. The molecule has 1 aromatic heterocycles. The van der Waals surface area contributed by atoms with Crippen molar-refractivity contribution in [2.45, 2.75) is 47.1 Å². The van der Waals surface area contributed by atoms with E-state index in [1.165, 1.54) is 18.4 Å². The first-order valence-corrected chi connectivity index (χ1v) is 7.43. The molecule has 1 aromatic rings. The van der Waals surface area contributed by atoms with E-state index in [0.717, 1.165) is 37.7 Å². The highest BCUT2D eigenvalue weighted by molar-refractivity contribution is 5.44. The molecular weight excluding hydrogens is 234 g/mol. The van der Waals surface area contributed by atoms with E-state index >= 15 is 0 Å². The molecule has 0 aromatic carbocycles. The highest BCUT2D eigenvalue weighted by Crippen LogP contribution is 2.31. The summed E-state index contributed by atoms with van der Waals surface area (Å²) in [6, 6.07) is 4.43. The fourth-order valence-electron chi connectivity index (χ4n) is 2.70. The molecule has 0 radical (unpaired) electrons. The third kappa shape index (κ3) is 3.93. The van der Waals surface area contributed by atoms with Gasteiger partial charge in [0.2, 0.25) is 0 Å². The SMILES string of the molecule is CCCNCc1cc(C)nc(N2CCC(C)(C)C2)c1. The maximum atomic E-state index is 4.71. The van der Waals surface area contributed by atoms with E-state index in [1.54, 1.807) is 0 Å². The van der Waals surface area contributed by atoms with Crippen molar-refractivity contribution >= 4 is 5.82 Å². The average Bonchev–Trinajstić information content (AvgIpc) is 2.69. The molecule has 1 aliphatic heterocycles. The highest BCUT2D eigenvalue weighted by atomic mass is 15.2. The van der Waals surface area contributed by atoms with Crippen molar-refractivity contribution in [3.63, 3.8) is 0 Å². The first-order valence-electron chi connectivity index (χ1n) is 7.43. The van der Waals surface area contributed by atoms with Crippen molar-refractivity contribution in [1.29, 1.82) is 0 Å². The summed E-state index contributed by atoms with van der Waals surface area (Å²) in [6.45, 7) is 13.2. The molecule has 19 heavy (non-hydrogen) atoms. The molecule has 3 nitrogen and oxygen atoms in total. The molecule has 2 heterocycles. The molecule has 2 rings (SSSR count). The van der Waals surface area contributed by atoms with Crippen LogP contribution in [0, 0.1) is 12.3 Å². The van der Waals surface area contributed by atoms with Crippen LogP contribution in [0.2, 0.25) is 0 Å². The third-order valence-corrected chi connectivity index (χ3v) is 3.76. The molecule has 0 saturated carbocycles. The normalized spacial score (nSPS) is 18.0. The fraction of sp³-hybridized carbons (Fsp3) is 0.688. The Bertz CT molecular complexity index is 426. The Morgan fingerprint density at radius 1 is 1.37 bits per heavy atom. The minimum absolute atomic E-state index is 0.423. The van der Waals surface area contributed by atoms with Gasteiger partial charge in [0.05, 0.1) is 0 Å². The van der Waals surface area contributed by atoms with Crippen LogP contribution in [0.3, 0.4) is 0 Å². The molecule has 1 N–H and O–H groups in total. The second-order valence-corrected chi connectivity index (χ2v) is 6.49. The van der Waals surface area contributed by atoms with Gasteiger partial charge in [-0.2, -0.15) is 0 Å². The van der Waals surface area contributed by atoms with Gasteiger partial charge >= 0.3 is 0 Å². The molecule has 0 aliphatic carbocycles. The predicted molar refractivity (Wildman–Crippen MR) is 81.6 cm³/mol. The van der Waals surface area contributed by atoms with Crippen molar-refractivity contribution in [1.82, 2.24) is 10.3 Å². The van der Waals surface area contributed by atoms with Crippen LogP contribution in [0.1, 0.15) is 44.9 Å². The summed E-state index contributed by atoms with van der Waals surface area (Å²) >= 11 is 0. The van der Waals surface area contributed by atoms with Gasteiger partial charge in [-0.15, -0.1) is 0 Å². The van der Waals surface area contributed by atoms with Gasteiger partial charge in [0.1, 0.15) is 5.82 Å². The maximum absolute atomic E-state index is 4.71. The summed E-state index contributed by atoms with van der Waals surface area (Å²) in [6.07, 6.45) is 2.43. The molecule has 0 bridgehead atoms. The van der Waals surface area contributed by atoms with Crippen LogP contribution in [-0.4, -0.2) is 24.6 Å². The number of rotatable bonds is 5. The van der Waals surface area contributed by atoms with Crippen molar-refractivity contribution in [3.8, 4) is 0 Å². The van der Waals surface area contributed by atoms with E-state index in [2.05, 4.69) is 50.0 Å². The maximum Gasteiger partial charge on any atom is 0.129 e. The molecule has 0 spiro atoms. The van der Waals surface area contributed by atoms with Crippen LogP contribution in [0.5, 0.6) is 0 Å². The summed E-state index contributed by atoms with van der Waals surface area (Å²) in [7, 11) is 0. The number of anilines is 1. The molecule has 1 saturated heterocycles. The Labute approximate surface area is 117 Å². The number of aryl methyl sites for hydroxylation is 1. The Kier molecular flexibility index (Phi) is 4.46. The number of hydrogen-bond acceptors (Lipinski definition) is 3. The van der Waals surface area contributed by atoms with Gasteiger partial charge in [-0.05, 0) is 49.4 Å². The minimum Gasteiger partial charge on any atom is -0.356 e. The van der Waals surface area contributed by atoms with Crippen LogP contribution in [0.15, 0.2) is 12.1 Å². The van der Waals surface area contributed by atoms with Crippen molar-refractivity contribution in [2.24, 2.45) is 5.41 Å². The summed E-state index contributed by atoms with van der Waals surface area (Å²) < 4.78 is 0. The lowest BCUT2D eigenvalue weighted by atomic mass is 9.93. The van der Waals surface area contributed by atoms with Crippen molar-refractivity contribution < 1.29 is 0 Å². The lowest BCUT2D eigenvalue weighted by Gasteiger charge is -2.21. The van der Waals surface area contributed by atoms with E-state index in [4.69, 9.17) is 4.98 Å². The number of nitrogens with one attached hydrogen (secondary N) is 1. The molecule has 1 fully saturated rings. The Morgan fingerprint density at radius 2 is 2.16 bits per heavy atom. The molecule has 0 atom stereocenters.